The van der Waals surface area contributed by atoms with Gasteiger partial charge in [0.15, 0.2) is 0 Å². The maximum Gasteiger partial charge on any atom is 0.118 e. The standard InChI is InChI=1S/C12H24O4/c1-6-14-11(3)8-16-12(4)9-15-10(2)7-13-5/h6,10-12H,1,7-9H2,2-5H3. The van der Waals surface area contributed by atoms with Gasteiger partial charge in [-0.05, 0) is 20.8 Å². The molecule has 0 radical (unpaired) electrons. The molecule has 3 atom stereocenters. The molecule has 0 aliphatic heterocycles. The van der Waals surface area contributed by atoms with Crippen molar-refractivity contribution in [3.8, 4) is 0 Å². The van der Waals surface area contributed by atoms with E-state index in [9.17, 15) is 0 Å². The van der Waals surface area contributed by atoms with Crippen LogP contribution < -0.4 is 0 Å². The molecule has 16 heavy (non-hydrogen) atoms. The summed E-state index contributed by atoms with van der Waals surface area (Å²) >= 11 is 0. The van der Waals surface area contributed by atoms with Crippen molar-refractivity contribution in [1.29, 1.82) is 0 Å². The zero-order chi connectivity index (χ0) is 12.4. The largest absolute Gasteiger partial charge is 0.497 e. The molecular weight excluding hydrogens is 208 g/mol. The van der Waals surface area contributed by atoms with E-state index in [1.54, 1.807) is 7.11 Å². The lowest BCUT2D eigenvalue weighted by molar-refractivity contribution is -0.0671. The van der Waals surface area contributed by atoms with Crippen LogP contribution in [0.2, 0.25) is 0 Å². The topological polar surface area (TPSA) is 36.9 Å². The van der Waals surface area contributed by atoms with Crippen LogP contribution in [0.1, 0.15) is 20.8 Å². The molecule has 0 heterocycles. The SMILES string of the molecule is C=COC(C)COC(C)COC(C)COC. The van der Waals surface area contributed by atoms with Crippen LogP contribution in [0.5, 0.6) is 0 Å². The molecule has 3 unspecified atom stereocenters. The number of hydrogen-bond acceptors (Lipinski definition) is 4. The third-order valence-electron chi connectivity index (χ3n) is 1.96. The highest BCUT2D eigenvalue weighted by Gasteiger charge is 2.08. The normalized spacial score (nSPS) is 16.5. The minimum atomic E-state index is 0.0244. The Morgan fingerprint density at radius 3 is 1.94 bits per heavy atom. The van der Waals surface area contributed by atoms with Gasteiger partial charge in [-0.3, -0.25) is 0 Å². The average Bonchev–Trinajstić information content (AvgIpc) is 2.24. The minimum Gasteiger partial charge on any atom is -0.497 e. The fraction of sp³-hybridized carbons (Fsp3) is 0.833. The number of hydrogen-bond donors (Lipinski definition) is 0. The summed E-state index contributed by atoms with van der Waals surface area (Å²) in [4.78, 5) is 0. The summed E-state index contributed by atoms with van der Waals surface area (Å²) in [6.07, 6.45) is 1.60. The second-order valence-electron chi connectivity index (χ2n) is 3.86. The lowest BCUT2D eigenvalue weighted by Crippen LogP contribution is -2.25. The zero-order valence-electron chi connectivity index (χ0n) is 10.8. The van der Waals surface area contributed by atoms with Crippen molar-refractivity contribution in [2.75, 3.05) is 26.9 Å². The van der Waals surface area contributed by atoms with Gasteiger partial charge >= 0.3 is 0 Å². The smallest absolute Gasteiger partial charge is 0.118 e. The van der Waals surface area contributed by atoms with Gasteiger partial charge in [-0.15, -0.1) is 0 Å². The quantitative estimate of drug-likeness (QED) is 0.540. The maximum atomic E-state index is 5.55. The Balaban J connectivity index is 3.50. The van der Waals surface area contributed by atoms with E-state index in [1.807, 2.05) is 20.8 Å². The fourth-order valence-electron chi connectivity index (χ4n) is 1.13. The molecule has 96 valence electrons. The minimum absolute atomic E-state index is 0.0244. The molecule has 0 aromatic rings. The molecule has 0 amide bonds. The first-order chi connectivity index (χ1) is 7.60. The monoisotopic (exact) mass is 232 g/mol. The van der Waals surface area contributed by atoms with Crippen molar-refractivity contribution >= 4 is 0 Å². The van der Waals surface area contributed by atoms with E-state index in [0.717, 1.165) is 0 Å². The van der Waals surface area contributed by atoms with Crippen LogP contribution in [0, 0.1) is 0 Å². The Bertz CT molecular complexity index is 172. The summed E-state index contributed by atoms with van der Waals surface area (Å²) in [5.74, 6) is 0. The first kappa shape index (κ1) is 15.4. The van der Waals surface area contributed by atoms with Gasteiger partial charge in [0.1, 0.15) is 6.10 Å². The van der Waals surface area contributed by atoms with Crippen molar-refractivity contribution in [3.63, 3.8) is 0 Å². The number of ether oxygens (including phenoxy) is 4. The highest BCUT2D eigenvalue weighted by atomic mass is 16.6. The second-order valence-corrected chi connectivity index (χ2v) is 3.86. The predicted molar refractivity (Wildman–Crippen MR) is 63.4 cm³/mol. The first-order valence-corrected chi connectivity index (χ1v) is 5.58. The van der Waals surface area contributed by atoms with Crippen LogP contribution in [0.4, 0.5) is 0 Å². The molecule has 0 aromatic heterocycles. The van der Waals surface area contributed by atoms with Crippen LogP contribution in [-0.2, 0) is 18.9 Å². The lowest BCUT2D eigenvalue weighted by Gasteiger charge is -2.19. The fourth-order valence-corrected chi connectivity index (χ4v) is 1.13. The molecule has 0 spiro atoms. The van der Waals surface area contributed by atoms with Crippen LogP contribution in [0.3, 0.4) is 0 Å². The Labute approximate surface area is 98.5 Å². The van der Waals surface area contributed by atoms with Crippen molar-refractivity contribution in [3.05, 3.63) is 12.8 Å². The summed E-state index contributed by atoms with van der Waals surface area (Å²) in [6.45, 7) is 11.1. The molecule has 0 N–H and O–H groups in total. The van der Waals surface area contributed by atoms with Crippen LogP contribution >= 0.6 is 0 Å². The molecule has 0 rings (SSSR count). The second kappa shape index (κ2) is 9.63. The molecule has 0 saturated heterocycles. The number of rotatable bonds is 10. The average molecular weight is 232 g/mol. The van der Waals surface area contributed by atoms with E-state index >= 15 is 0 Å². The van der Waals surface area contributed by atoms with Gasteiger partial charge in [-0.1, -0.05) is 6.58 Å². The number of methoxy groups -OCH3 is 1. The summed E-state index contributed by atoms with van der Waals surface area (Å²) in [5.41, 5.74) is 0. The Morgan fingerprint density at radius 2 is 1.44 bits per heavy atom. The third-order valence-corrected chi connectivity index (χ3v) is 1.96. The molecule has 4 heteroatoms. The molecule has 0 saturated carbocycles. The molecule has 0 bridgehead atoms. The predicted octanol–water partition coefficient (Wildman–Crippen LogP) is 1.99. The van der Waals surface area contributed by atoms with Gasteiger partial charge in [0.2, 0.25) is 0 Å². The highest BCUT2D eigenvalue weighted by molar-refractivity contribution is 4.58. The Morgan fingerprint density at radius 1 is 0.938 bits per heavy atom. The summed E-state index contributed by atoms with van der Waals surface area (Å²) in [6, 6.07) is 0. The summed E-state index contributed by atoms with van der Waals surface area (Å²) in [7, 11) is 1.66. The van der Waals surface area contributed by atoms with Gasteiger partial charge in [0, 0.05) is 7.11 Å². The molecule has 0 aliphatic rings. The van der Waals surface area contributed by atoms with E-state index < -0.39 is 0 Å². The van der Waals surface area contributed by atoms with E-state index in [2.05, 4.69) is 6.58 Å². The van der Waals surface area contributed by atoms with Gasteiger partial charge in [0.05, 0.1) is 38.3 Å². The van der Waals surface area contributed by atoms with Crippen LogP contribution in [0.15, 0.2) is 12.8 Å². The first-order valence-electron chi connectivity index (χ1n) is 5.58. The van der Waals surface area contributed by atoms with Crippen molar-refractivity contribution < 1.29 is 18.9 Å². The zero-order valence-corrected chi connectivity index (χ0v) is 10.8. The van der Waals surface area contributed by atoms with Gasteiger partial charge in [0.25, 0.3) is 0 Å². The van der Waals surface area contributed by atoms with E-state index in [1.165, 1.54) is 6.26 Å². The maximum absolute atomic E-state index is 5.55. The van der Waals surface area contributed by atoms with E-state index in [4.69, 9.17) is 18.9 Å². The molecule has 0 fully saturated rings. The molecule has 0 aromatic carbocycles. The molecule has 0 aliphatic carbocycles. The van der Waals surface area contributed by atoms with Crippen molar-refractivity contribution in [1.82, 2.24) is 0 Å². The Hall–Kier alpha value is -0.580. The third kappa shape index (κ3) is 8.71. The van der Waals surface area contributed by atoms with Crippen molar-refractivity contribution in [2.24, 2.45) is 0 Å². The van der Waals surface area contributed by atoms with Crippen molar-refractivity contribution in [2.45, 2.75) is 39.1 Å². The summed E-state index contributed by atoms with van der Waals surface area (Å²) < 4.78 is 21.2. The summed E-state index contributed by atoms with van der Waals surface area (Å²) in [5, 5.41) is 0. The van der Waals surface area contributed by atoms with Crippen LogP contribution in [-0.4, -0.2) is 45.2 Å². The van der Waals surface area contributed by atoms with Gasteiger partial charge < -0.3 is 18.9 Å². The van der Waals surface area contributed by atoms with Gasteiger partial charge in [-0.25, -0.2) is 0 Å². The van der Waals surface area contributed by atoms with E-state index in [0.29, 0.717) is 19.8 Å². The van der Waals surface area contributed by atoms with Crippen LogP contribution in [0.25, 0.3) is 0 Å². The van der Waals surface area contributed by atoms with Gasteiger partial charge in [-0.2, -0.15) is 0 Å². The molecular formula is C12H24O4. The Kier molecular flexibility index (Phi) is 9.28. The lowest BCUT2D eigenvalue weighted by atomic mass is 10.4. The highest BCUT2D eigenvalue weighted by Crippen LogP contribution is 2.00. The van der Waals surface area contributed by atoms with E-state index in [-0.39, 0.29) is 18.3 Å². The molecule has 4 nitrogen and oxygen atoms in total.